The highest BCUT2D eigenvalue weighted by Gasteiger charge is 2.34. The Bertz CT molecular complexity index is 690. The average molecular weight is 407 g/mol. The molecule has 0 aromatic heterocycles. The smallest absolute Gasteiger partial charge is 0.248 e. The summed E-state index contributed by atoms with van der Waals surface area (Å²) in [6.07, 6.45) is 1.46. The number of piperidine rings is 1. The van der Waals surface area contributed by atoms with Crippen LogP contribution in [0.4, 0.5) is 4.39 Å². The molecular formula is C21H30FN3O4. The maximum Gasteiger partial charge on any atom is 0.248 e. The number of nitrogens with zero attached hydrogens (tertiary/aromatic N) is 2. The maximum atomic E-state index is 13.0. The molecule has 0 bridgehead atoms. The van der Waals surface area contributed by atoms with Crippen LogP contribution in [0.1, 0.15) is 26.7 Å². The van der Waals surface area contributed by atoms with Crippen LogP contribution in [0.3, 0.4) is 0 Å². The minimum Gasteiger partial charge on any atom is -0.491 e. The fourth-order valence-corrected chi connectivity index (χ4v) is 3.78. The normalized spacial score (nSPS) is 21.4. The summed E-state index contributed by atoms with van der Waals surface area (Å²) in [7, 11) is 0. The lowest BCUT2D eigenvalue weighted by molar-refractivity contribution is -0.155. The van der Waals surface area contributed by atoms with Crippen molar-refractivity contribution in [2.45, 2.75) is 44.9 Å². The SMILES string of the molecule is CC(C)NC(=O)CN1CCC(N2C[C@@H](COc3ccc(F)cc3)OCC2=O)CC1. The van der Waals surface area contributed by atoms with Crippen molar-refractivity contribution in [2.24, 2.45) is 0 Å². The summed E-state index contributed by atoms with van der Waals surface area (Å²) in [6.45, 7) is 6.72. The number of benzene rings is 1. The topological polar surface area (TPSA) is 71.1 Å². The highest BCUT2D eigenvalue weighted by Crippen LogP contribution is 2.21. The molecule has 1 atom stereocenters. The molecule has 7 nitrogen and oxygen atoms in total. The van der Waals surface area contributed by atoms with E-state index in [-0.39, 0.29) is 42.4 Å². The number of hydrogen-bond acceptors (Lipinski definition) is 5. The molecule has 2 amide bonds. The Labute approximate surface area is 171 Å². The van der Waals surface area contributed by atoms with Gasteiger partial charge < -0.3 is 19.7 Å². The van der Waals surface area contributed by atoms with E-state index >= 15 is 0 Å². The number of ether oxygens (including phenoxy) is 2. The number of amides is 2. The lowest BCUT2D eigenvalue weighted by Crippen LogP contribution is -2.56. The molecule has 2 aliphatic rings. The van der Waals surface area contributed by atoms with E-state index in [0.29, 0.717) is 25.4 Å². The number of likely N-dealkylation sites (tertiary alicyclic amines) is 1. The van der Waals surface area contributed by atoms with Crippen LogP contribution in [0.15, 0.2) is 24.3 Å². The van der Waals surface area contributed by atoms with Gasteiger partial charge in [-0.15, -0.1) is 0 Å². The largest absolute Gasteiger partial charge is 0.491 e. The van der Waals surface area contributed by atoms with E-state index < -0.39 is 0 Å². The summed E-state index contributed by atoms with van der Waals surface area (Å²) in [5, 5.41) is 2.91. The van der Waals surface area contributed by atoms with Crippen LogP contribution in [-0.2, 0) is 14.3 Å². The monoisotopic (exact) mass is 407 g/mol. The third-order valence-corrected chi connectivity index (χ3v) is 5.23. The summed E-state index contributed by atoms with van der Waals surface area (Å²) in [5.74, 6) is 0.306. The van der Waals surface area contributed by atoms with Gasteiger partial charge >= 0.3 is 0 Å². The molecule has 1 aromatic rings. The van der Waals surface area contributed by atoms with Crippen molar-refractivity contribution in [3.63, 3.8) is 0 Å². The van der Waals surface area contributed by atoms with Crippen molar-refractivity contribution < 1.29 is 23.5 Å². The molecule has 1 N–H and O–H groups in total. The van der Waals surface area contributed by atoms with Crippen LogP contribution in [-0.4, -0.2) is 79.2 Å². The first-order chi connectivity index (χ1) is 13.9. The fraction of sp³-hybridized carbons (Fsp3) is 0.619. The Morgan fingerprint density at radius 1 is 1.28 bits per heavy atom. The summed E-state index contributed by atoms with van der Waals surface area (Å²) >= 11 is 0. The number of carbonyl (C=O) groups is 2. The summed E-state index contributed by atoms with van der Waals surface area (Å²) in [4.78, 5) is 28.3. The first-order valence-electron chi connectivity index (χ1n) is 10.2. The van der Waals surface area contributed by atoms with Gasteiger partial charge in [-0.1, -0.05) is 0 Å². The molecular weight excluding hydrogens is 377 g/mol. The molecule has 0 unspecified atom stereocenters. The van der Waals surface area contributed by atoms with Crippen LogP contribution in [0.5, 0.6) is 5.75 Å². The fourth-order valence-electron chi connectivity index (χ4n) is 3.78. The van der Waals surface area contributed by atoms with Gasteiger partial charge in [-0.05, 0) is 51.0 Å². The van der Waals surface area contributed by atoms with Gasteiger partial charge in [0, 0.05) is 25.2 Å². The van der Waals surface area contributed by atoms with E-state index in [4.69, 9.17) is 9.47 Å². The highest BCUT2D eigenvalue weighted by molar-refractivity contribution is 5.79. The molecule has 0 spiro atoms. The van der Waals surface area contributed by atoms with Crippen molar-refractivity contribution in [3.05, 3.63) is 30.1 Å². The van der Waals surface area contributed by atoms with E-state index in [9.17, 15) is 14.0 Å². The molecule has 160 valence electrons. The second-order valence-corrected chi connectivity index (χ2v) is 7.97. The summed E-state index contributed by atoms with van der Waals surface area (Å²) in [5.41, 5.74) is 0. The van der Waals surface area contributed by atoms with Crippen molar-refractivity contribution >= 4 is 11.8 Å². The van der Waals surface area contributed by atoms with E-state index in [1.54, 1.807) is 12.1 Å². The molecule has 0 radical (unpaired) electrons. The van der Waals surface area contributed by atoms with Crippen LogP contribution in [0, 0.1) is 5.82 Å². The van der Waals surface area contributed by atoms with Crippen LogP contribution in [0.25, 0.3) is 0 Å². The number of halogens is 1. The lowest BCUT2D eigenvalue weighted by atomic mass is 10.0. The second kappa shape index (κ2) is 10.0. The number of carbonyl (C=O) groups excluding carboxylic acids is 2. The standard InChI is InChI=1S/C21H30FN3O4/c1-15(2)23-20(26)12-24-9-7-17(8-10-24)25-11-19(29-14-21(25)27)13-28-18-5-3-16(22)4-6-18/h3-6,15,17,19H,7-14H2,1-2H3,(H,23,26)/t19-/m0/s1. The predicted octanol–water partition coefficient (Wildman–Crippen LogP) is 1.42. The Morgan fingerprint density at radius 2 is 1.97 bits per heavy atom. The minimum atomic E-state index is -0.309. The quantitative estimate of drug-likeness (QED) is 0.740. The van der Waals surface area contributed by atoms with E-state index in [1.807, 2.05) is 18.7 Å². The average Bonchev–Trinajstić information content (AvgIpc) is 2.68. The predicted molar refractivity (Wildman–Crippen MR) is 106 cm³/mol. The van der Waals surface area contributed by atoms with Gasteiger partial charge in [0.2, 0.25) is 11.8 Å². The molecule has 29 heavy (non-hydrogen) atoms. The minimum absolute atomic E-state index is 0.000895. The lowest BCUT2D eigenvalue weighted by Gasteiger charge is -2.42. The second-order valence-electron chi connectivity index (χ2n) is 7.97. The van der Waals surface area contributed by atoms with Gasteiger partial charge in [0.25, 0.3) is 0 Å². The van der Waals surface area contributed by atoms with Crippen molar-refractivity contribution in [2.75, 3.05) is 39.4 Å². The number of nitrogens with one attached hydrogen (secondary N) is 1. The first kappa shape index (κ1) is 21.5. The Balaban J connectivity index is 1.45. The molecule has 0 saturated carbocycles. The Hall–Kier alpha value is -2.19. The number of morpholine rings is 1. The third kappa shape index (κ3) is 6.40. The van der Waals surface area contributed by atoms with E-state index in [2.05, 4.69) is 10.2 Å². The van der Waals surface area contributed by atoms with E-state index in [0.717, 1.165) is 25.9 Å². The molecule has 2 aliphatic heterocycles. The molecule has 2 heterocycles. The first-order valence-corrected chi connectivity index (χ1v) is 10.2. The van der Waals surface area contributed by atoms with Crippen molar-refractivity contribution in [1.82, 2.24) is 15.1 Å². The zero-order valence-electron chi connectivity index (χ0n) is 17.1. The summed E-state index contributed by atoms with van der Waals surface area (Å²) < 4.78 is 24.3. The van der Waals surface area contributed by atoms with Gasteiger partial charge in [-0.3, -0.25) is 14.5 Å². The Kier molecular flexibility index (Phi) is 7.44. The van der Waals surface area contributed by atoms with E-state index in [1.165, 1.54) is 12.1 Å². The molecule has 2 fully saturated rings. The zero-order valence-corrected chi connectivity index (χ0v) is 17.1. The number of rotatable bonds is 7. The number of hydrogen-bond donors (Lipinski definition) is 1. The molecule has 3 rings (SSSR count). The van der Waals surface area contributed by atoms with Gasteiger partial charge in [0.1, 0.15) is 30.9 Å². The molecule has 8 heteroatoms. The van der Waals surface area contributed by atoms with Gasteiger partial charge in [0.15, 0.2) is 0 Å². The van der Waals surface area contributed by atoms with Crippen molar-refractivity contribution in [3.8, 4) is 5.75 Å². The molecule has 1 aromatic carbocycles. The zero-order chi connectivity index (χ0) is 20.8. The molecule has 2 saturated heterocycles. The summed E-state index contributed by atoms with van der Waals surface area (Å²) in [6, 6.07) is 6.15. The highest BCUT2D eigenvalue weighted by atomic mass is 19.1. The van der Waals surface area contributed by atoms with Gasteiger partial charge in [-0.2, -0.15) is 0 Å². The van der Waals surface area contributed by atoms with Gasteiger partial charge in [-0.25, -0.2) is 4.39 Å². The third-order valence-electron chi connectivity index (χ3n) is 5.23. The van der Waals surface area contributed by atoms with Gasteiger partial charge in [0.05, 0.1) is 13.1 Å². The van der Waals surface area contributed by atoms with Crippen molar-refractivity contribution in [1.29, 1.82) is 0 Å². The molecule has 0 aliphatic carbocycles. The van der Waals surface area contributed by atoms with Crippen LogP contribution >= 0.6 is 0 Å². The van der Waals surface area contributed by atoms with Crippen LogP contribution < -0.4 is 10.1 Å². The maximum absolute atomic E-state index is 13.0. The Morgan fingerprint density at radius 3 is 2.62 bits per heavy atom. The van der Waals surface area contributed by atoms with Crippen LogP contribution in [0.2, 0.25) is 0 Å².